The number of piperazine rings is 1. The average molecular weight is 386 g/mol. The van der Waals surface area contributed by atoms with Gasteiger partial charge < -0.3 is 24.8 Å². The van der Waals surface area contributed by atoms with Crippen LogP contribution in [-0.4, -0.2) is 73.4 Å². The molecule has 1 aromatic heterocycles. The van der Waals surface area contributed by atoms with Crippen molar-refractivity contribution in [2.24, 2.45) is 0 Å². The van der Waals surface area contributed by atoms with Crippen molar-refractivity contribution in [3.05, 3.63) is 42.3 Å². The van der Waals surface area contributed by atoms with Crippen molar-refractivity contribution in [2.75, 3.05) is 67.6 Å². The molecule has 3 heterocycles. The SMILES string of the molecule is O=C(Nc1cccc(F)c1)N1CCN(c2ccnc(N3CCOCC3)n2)CC1. The van der Waals surface area contributed by atoms with Gasteiger partial charge in [0.05, 0.1) is 13.2 Å². The Morgan fingerprint density at radius 1 is 1.04 bits per heavy atom. The van der Waals surface area contributed by atoms with Gasteiger partial charge in [-0.05, 0) is 24.3 Å². The molecule has 1 N–H and O–H groups in total. The zero-order valence-electron chi connectivity index (χ0n) is 15.6. The molecule has 28 heavy (non-hydrogen) atoms. The second kappa shape index (κ2) is 8.39. The van der Waals surface area contributed by atoms with Crippen molar-refractivity contribution >= 4 is 23.5 Å². The second-order valence-electron chi connectivity index (χ2n) is 6.73. The number of aromatic nitrogens is 2. The topological polar surface area (TPSA) is 73.8 Å². The predicted molar refractivity (Wildman–Crippen MR) is 104 cm³/mol. The Labute approximate surface area is 162 Å². The molecule has 0 spiro atoms. The Morgan fingerprint density at radius 2 is 1.82 bits per heavy atom. The van der Waals surface area contributed by atoms with E-state index >= 15 is 0 Å². The molecule has 9 heteroatoms. The van der Waals surface area contributed by atoms with Crippen molar-refractivity contribution in [3.8, 4) is 0 Å². The fourth-order valence-corrected chi connectivity index (χ4v) is 3.34. The smallest absolute Gasteiger partial charge is 0.321 e. The summed E-state index contributed by atoms with van der Waals surface area (Å²) in [6, 6.07) is 7.58. The lowest BCUT2D eigenvalue weighted by atomic mass is 10.3. The summed E-state index contributed by atoms with van der Waals surface area (Å²) >= 11 is 0. The van der Waals surface area contributed by atoms with Gasteiger partial charge in [0.15, 0.2) is 0 Å². The number of rotatable bonds is 3. The molecule has 0 atom stereocenters. The number of hydrogen-bond acceptors (Lipinski definition) is 6. The molecule has 2 aliphatic heterocycles. The van der Waals surface area contributed by atoms with Crippen LogP contribution in [0.25, 0.3) is 0 Å². The van der Waals surface area contributed by atoms with Crippen LogP contribution in [0.3, 0.4) is 0 Å². The first-order chi connectivity index (χ1) is 13.7. The van der Waals surface area contributed by atoms with Gasteiger partial charge >= 0.3 is 6.03 Å². The van der Waals surface area contributed by atoms with Crippen LogP contribution in [0.2, 0.25) is 0 Å². The fraction of sp³-hybridized carbons (Fsp3) is 0.421. The molecule has 148 valence electrons. The molecule has 2 amide bonds. The predicted octanol–water partition coefficient (Wildman–Crippen LogP) is 1.81. The van der Waals surface area contributed by atoms with E-state index in [1.165, 1.54) is 12.1 Å². The number of urea groups is 1. The molecule has 0 saturated carbocycles. The summed E-state index contributed by atoms with van der Waals surface area (Å²) in [6.07, 6.45) is 1.77. The summed E-state index contributed by atoms with van der Waals surface area (Å²) in [5.41, 5.74) is 0.457. The highest BCUT2D eigenvalue weighted by Gasteiger charge is 2.23. The number of morpholine rings is 1. The highest BCUT2D eigenvalue weighted by Crippen LogP contribution is 2.18. The number of nitrogens with zero attached hydrogens (tertiary/aromatic N) is 5. The number of benzene rings is 1. The third-order valence-corrected chi connectivity index (χ3v) is 4.89. The monoisotopic (exact) mass is 386 g/mol. The van der Waals surface area contributed by atoms with Crippen molar-refractivity contribution < 1.29 is 13.9 Å². The van der Waals surface area contributed by atoms with Crippen molar-refractivity contribution in [2.45, 2.75) is 0 Å². The van der Waals surface area contributed by atoms with E-state index in [1.54, 1.807) is 23.2 Å². The van der Waals surface area contributed by atoms with Gasteiger partial charge in [-0.15, -0.1) is 0 Å². The Kier molecular flexibility index (Phi) is 5.52. The van der Waals surface area contributed by atoms with Gasteiger partial charge in [-0.25, -0.2) is 14.2 Å². The molecule has 2 fully saturated rings. The van der Waals surface area contributed by atoms with E-state index in [4.69, 9.17) is 9.72 Å². The molecule has 0 aliphatic carbocycles. The Bertz CT molecular complexity index is 822. The molecule has 1 aromatic carbocycles. The summed E-state index contributed by atoms with van der Waals surface area (Å²) < 4.78 is 18.7. The molecule has 0 radical (unpaired) electrons. The molecular weight excluding hydrogens is 363 g/mol. The van der Waals surface area contributed by atoms with E-state index in [0.717, 1.165) is 18.9 Å². The summed E-state index contributed by atoms with van der Waals surface area (Å²) in [5.74, 6) is 1.20. The second-order valence-corrected chi connectivity index (χ2v) is 6.73. The largest absolute Gasteiger partial charge is 0.378 e. The molecule has 0 unspecified atom stereocenters. The van der Waals surface area contributed by atoms with Gasteiger partial charge in [-0.3, -0.25) is 0 Å². The van der Waals surface area contributed by atoms with Crippen LogP contribution in [0.15, 0.2) is 36.5 Å². The Morgan fingerprint density at radius 3 is 2.57 bits per heavy atom. The number of amides is 2. The van der Waals surface area contributed by atoms with Crippen LogP contribution in [0, 0.1) is 5.82 Å². The van der Waals surface area contributed by atoms with Crippen molar-refractivity contribution in [1.29, 1.82) is 0 Å². The molecule has 2 aliphatic rings. The lowest BCUT2D eigenvalue weighted by molar-refractivity contribution is 0.122. The maximum atomic E-state index is 13.3. The summed E-state index contributed by atoms with van der Waals surface area (Å²) in [7, 11) is 0. The Hall–Kier alpha value is -2.94. The van der Waals surface area contributed by atoms with Gasteiger partial charge in [-0.1, -0.05) is 6.07 Å². The zero-order valence-corrected chi connectivity index (χ0v) is 15.6. The number of nitrogens with one attached hydrogen (secondary N) is 1. The van der Waals surface area contributed by atoms with Gasteiger partial charge in [0, 0.05) is 51.2 Å². The number of carbonyl (C=O) groups excluding carboxylic acids is 1. The maximum Gasteiger partial charge on any atom is 0.321 e. The molecule has 0 bridgehead atoms. The number of carbonyl (C=O) groups is 1. The molecule has 2 aromatic rings. The Balaban J connectivity index is 1.34. The van der Waals surface area contributed by atoms with E-state index in [1.807, 2.05) is 6.07 Å². The first-order valence-electron chi connectivity index (χ1n) is 9.41. The summed E-state index contributed by atoms with van der Waals surface area (Å²) in [4.78, 5) is 27.5. The van der Waals surface area contributed by atoms with Gasteiger partial charge in [-0.2, -0.15) is 4.98 Å². The van der Waals surface area contributed by atoms with Crippen molar-refractivity contribution in [1.82, 2.24) is 14.9 Å². The highest BCUT2D eigenvalue weighted by atomic mass is 19.1. The minimum absolute atomic E-state index is 0.220. The van der Waals surface area contributed by atoms with Crippen LogP contribution in [0.4, 0.5) is 26.6 Å². The van der Waals surface area contributed by atoms with E-state index in [9.17, 15) is 9.18 Å². The van der Waals surface area contributed by atoms with Gasteiger partial charge in [0.25, 0.3) is 0 Å². The minimum atomic E-state index is -0.373. The van der Waals surface area contributed by atoms with Crippen LogP contribution in [-0.2, 0) is 4.74 Å². The van der Waals surface area contributed by atoms with Gasteiger partial charge in [0.2, 0.25) is 5.95 Å². The van der Waals surface area contributed by atoms with E-state index in [2.05, 4.69) is 20.1 Å². The first kappa shape index (κ1) is 18.4. The minimum Gasteiger partial charge on any atom is -0.378 e. The molecule has 2 saturated heterocycles. The molecule has 4 rings (SSSR count). The molecule has 8 nitrogen and oxygen atoms in total. The summed E-state index contributed by atoms with van der Waals surface area (Å²) in [5, 5.41) is 2.74. The van der Waals surface area contributed by atoms with E-state index < -0.39 is 0 Å². The normalized spacial score (nSPS) is 17.5. The molecular formula is C19H23FN6O2. The van der Waals surface area contributed by atoms with Crippen LogP contribution < -0.4 is 15.1 Å². The highest BCUT2D eigenvalue weighted by molar-refractivity contribution is 5.89. The number of halogens is 1. The van der Waals surface area contributed by atoms with Crippen LogP contribution in [0.5, 0.6) is 0 Å². The third-order valence-electron chi connectivity index (χ3n) is 4.89. The quantitative estimate of drug-likeness (QED) is 0.867. The maximum absolute atomic E-state index is 13.3. The van der Waals surface area contributed by atoms with E-state index in [-0.39, 0.29) is 11.8 Å². The fourth-order valence-electron chi connectivity index (χ4n) is 3.34. The standard InChI is InChI=1S/C19H23FN6O2/c20-15-2-1-3-16(14-15)22-19(27)26-8-6-24(7-9-26)17-4-5-21-18(23-17)25-10-12-28-13-11-25/h1-5,14H,6-13H2,(H,22,27). The summed E-state index contributed by atoms with van der Waals surface area (Å²) in [6.45, 7) is 5.44. The van der Waals surface area contributed by atoms with Crippen LogP contribution >= 0.6 is 0 Å². The lowest BCUT2D eigenvalue weighted by Gasteiger charge is -2.35. The average Bonchev–Trinajstić information content (AvgIpc) is 2.75. The van der Waals surface area contributed by atoms with E-state index in [0.29, 0.717) is 51.0 Å². The lowest BCUT2D eigenvalue weighted by Crippen LogP contribution is -2.50. The third kappa shape index (κ3) is 4.30. The first-order valence-corrected chi connectivity index (χ1v) is 9.41. The van der Waals surface area contributed by atoms with Crippen molar-refractivity contribution in [3.63, 3.8) is 0 Å². The van der Waals surface area contributed by atoms with Crippen LogP contribution in [0.1, 0.15) is 0 Å². The zero-order chi connectivity index (χ0) is 19.3. The van der Waals surface area contributed by atoms with Gasteiger partial charge in [0.1, 0.15) is 11.6 Å². The number of anilines is 3. The number of hydrogen-bond donors (Lipinski definition) is 1. The number of ether oxygens (including phenoxy) is 1.